The van der Waals surface area contributed by atoms with E-state index in [9.17, 15) is 9.90 Å². The van der Waals surface area contributed by atoms with Gasteiger partial charge in [-0.25, -0.2) is 4.79 Å². The Kier molecular flexibility index (Phi) is 4.52. The lowest BCUT2D eigenvalue weighted by Crippen LogP contribution is -2.35. The second-order valence-electron chi connectivity index (χ2n) is 6.52. The zero-order valence-corrected chi connectivity index (χ0v) is 12.8. The van der Waals surface area contributed by atoms with Crippen molar-refractivity contribution >= 4 is 11.7 Å². The van der Waals surface area contributed by atoms with Crippen LogP contribution in [0.3, 0.4) is 0 Å². The Labute approximate surface area is 131 Å². The monoisotopic (exact) mass is 304 g/mol. The molecule has 0 aromatic heterocycles. The van der Waals surface area contributed by atoms with Gasteiger partial charge >= 0.3 is 6.03 Å². The van der Waals surface area contributed by atoms with Crippen LogP contribution in [0.15, 0.2) is 24.3 Å². The molecule has 3 rings (SSSR count). The third kappa shape index (κ3) is 3.91. The molecule has 22 heavy (non-hydrogen) atoms. The van der Waals surface area contributed by atoms with Gasteiger partial charge in [0.25, 0.3) is 0 Å². The van der Waals surface area contributed by atoms with Crippen molar-refractivity contribution in [3.63, 3.8) is 0 Å². The van der Waals surface area contributed by atoms with Crippen LogP contribution < -0.4 is 15.4 Å². The van der Waals surface area contributed by atoms with Crippen LogP contribution >= 0.6 is 0 Å². The van der Waals surface area contributed by atoms with Gasteiger partial charge in [0.15, 0.2) is 0 Å². The summed E-state index contributed by atoms with van der Waals surface area (Å²) < 4.78 is 5.93. The normalized spacial score (nSPS) is 19.7. The summed E-state index contributed by atoms with van der Waals surface area (Å²) in [6.07, 6.45) is 6.96. The maximum absolute atomic E-state index is 11.9. The average molecular weight is 304 g/mol. The molecule has 5 heteroatoms. The number of aliphatic hydroxyl groups is 1. The van der Waals surface area contributed by atoms with Crippen molar-refractivity contribution in [3.8, 4) is 5.75 Å². The molecular weight excluding hydrogens is 280 g/mol. The molecule has 0 aliphatic heterocycles. The molecule has 120 valence electrons. The summed E-state index contributed by atoms with van der Waals surface area (Å²) in [5.41, 5.74) is 0.645. The first-order chi connectivity index (χ1) is 10.7. The molecule has 2 aliphatic rings. The lowest BCUT2D eigenvalue weighted by atomic mass is 10.1. The molecule has 0 saturated heterocycles. The first-order valence-corrected chi connectivity index (χ1v) is 8.12. The molecule has 5 nitrogen and oxygen atoms in total. The van der Waals surface area contributed by atoms with Crippen molar-refractivity contribution in [2.45, 2.75) is 44.6 Å². The highest BCUT2D eigenvalue weighted by Crippen LogP contribution is 2.44. The minimum Gasteiger partial charge on any atom is -0.490 e. The van der Waals surface area contributed by atoms with Gasteiger partial charge in [-0.15, -0.1) is 0 Å². The van der Waals surface area contributed by atoms with Gasteiger partial charge in [0.2, 0.25) is 0 Å². The smallest absolute Gasteiger partial charge is 0.319 e. The number of hydrogen-bond acceptors (Lipinski definition) is 3. The number of benzene rings is 1. The second kappa shape index (κ2) is 6.57. The SMILES string of the molecule is O=C(NCC1(CO)CC1)Nc1cccc(OC2CCCC2)c1. The number of nitrogens with one attached hydrogen (secondary N) is 2. The van der Waals surface area contributed by atoms with E-state index >= 15 is 0 Å². The molecule has 2 fully saturated rings. The summed E-state index contributed by atoms with van der Waals surface area (Å²) in [6, 6.07) is 7.27. The van der Waals surface area contributed by atoms with E-state index in [-0.39, 0.29) is 18.1 Å². The van der Waals surface area contributed by atoms with Crippen LogP contribution in [-0.2, 0) is 0 Å². The molecule has 2 saturated carbocycles. The molecule has 2 aliphatic carbocycles. The third-order valence-electron chi connectivity index (χ3n) is 4.61. The van der Waals surface area contributed by atoms with Gasteiger partial charge in [-0.05, 0) is 50.7 Å². The van der Waals surface area contributed by atoms with Crippen LogP contribution in [0.5, 0.6) is 5.75 Å². The predicted octanol–water partition coefficient (Wildman–Crippen LogP) is 2.90. The van der Waals surface area contributed by atoms with E-state index in [4.69, 9.17) is 4.74 Å². The summed E-state index contributed by atoms with van der Waals surface area (Å²) >= 11 is 0. The number of carbonyl (C=O) groups is 1. The molecule has 1 aromatic rings. The Morgan fingerprint density at radius 2 is 2.09 bits per heavy atom. The highest BCUT2D eigenvalue weighted by molar-refractivity contribution is 5.89. The molecule has 0 spiro atoms. The van der Waals surface area contributed by atoms with E-state index in [1.807, 2.05) is 24.3 Å². The van der Waals surface area contributed by atoms with Gasteiger partial charge in [-0.2, -0.15) is 0 Å². The average Bonchev–Trinajstić information content (AvgIpc) is 3.14. The molecule has 0 heterocycles. The van der Waals surface area contributed by atoms with Gasteiger partial charge in [-0.3, -0.25) is 0 Å². The maximum atomic E-state index is 11.9. The van der Waals surface area contributed by atoms with Crippen molar-refractivity contribution < 1.29 is 14.6 Å². The summed E-state index contributed by atoms with van der Waals surface area (Å²) in [4.78, 5) is 11.9. The quantitative estimate of drug-likeness (QED) is 0.757. The van der Waals surface area contributed by atoms with E-state index in [0.29, 0.717) is 12.6 Å². The third-order valence-corrected chi connectivity index (χ3v) is 4.61. The van der Waals surface area contributed by atoms with Crippen molar-refractivity contribution in [1.29, 1.82) is 0 Å². The molecule has 1 aromatic carbocycles. The van der Waals surface area contributed by atoms with Crippen molar-refractivity contribution in [2.75, 3.05) is 18.5 Å². The van der Waals surface area contributed by atoms with Crippen molar-refractivity contribution in [3.05, 3.63) is 24.3 Å². The summed E-state index contributed by atoms with van der Waals surface area (Å²) in [5.74, 6) is 0.804. The Morgan fingerprint density at radius 3 is 2.77 bits per heavy atom. The minimum absolute atomic E-state index is 0.0786. The number of carbonyl (C=O) groups excluding carboxylic acids is 1. The first-order valence-electron chi connectivity index (χ1n) is 8.12. The number of anilines is 1. The van der Waals surface area contributed by atoms with E-state index in [2.05, 4.69) is 10.6 Å². The number of ether oxygens (including phenoxy) is 1. The van der Waals surface area contributed by atoms with Crippen LogP contribution in [0.4, 0.5) is 10.5 Å². The van der Waals surface area contributed by atoms with Crippen LogP contribution in [0.2, 0.25) is 0 Å². The second-order valence-corrected chi connectivity index (χ2v) is 6.52. The highest BCUT2D eigenvalue weighted by Gasteiger charge is 2.42. The van der Waals surface area contributed by atoms with Gasteiger partial charge in [0.05, 0.1) is 12.7 Å². The lowest BCUT2D eigenvalue weighted by Gasteiger charge is -2.15. The Balaban J connectivity index is 1.49. The summed E-state index contributed by atoms with van der Waals surface area (Å²) in [6.45, 7) is 0.658. The van der Waals surface area contributed by atoms with E-state index in [1.165, 1.54) is 12.8 Å². The number of urea groups is 1. The van der Waals surface area contributed by atoms with E-state index in [1.54, 1.807) is 0 Å². The van der Waals surface area contributed by atoms with Crippen LogP contribution in [-0.4, -0.2) is 30.4 Å². The van der Waals surface area contributed by atoms with Gasteiger partial charge in [0, 0.05) is 23.7 Å². The number of rotatable bonds is 6. The number of amides is 2. The number of aliphatic hydroxyl groups excluding tert-OH is 1. The van der Waals surface area contributed by atoms with Crippen LogP contribution in [0.25, 0.3) is 0 Å². The largest absolute Gasteiger partial charge is 0.490 e. The minimum atomic E-state index is -0.238. The topological polar surface area (TPSA) is 70.6 Å². The highest BCUT2D eigenvalue weighted by atomic mass is 16.5. The van der Waals surface area contributed by atoms with Gasteiger partial charge in [0.1, 0.15) is 5.75 Å². The lowest BCUT2D eigenvalue weighted by molar-refractivity contribution is 0.206. The predicted molar refractivity (Wildman–Crippen MR) is 85.1 cm³/mol. The first kappa shape index (κ1) is 15.2. The van der Waals surface area contributed by atoms with Gasteiger partial charge in [-0.1, -0.05) is 6.07 Å². The molecule has 0 bridgehead atoms. The summed E-state index contributed by atoms with van der Waals surface area (Å²) in [5, 5.41) is 14.9. The zero-order chi connectivity index (χ0) is 15.4. The fraction of sp³-hybridized carbons (Fsp3) is 0.588. The molecular formula is C17H24N2O3. The standard InChI is InChI=1S/C17H24N2O3/c20-12-17(8-9-17)11-18-16(21)19-13-4-3-7-15(10-13)22-14-5-1-2-6-14/h3-4,7,10,14,20H,1-2,5-6,8-9,11-12H2,(H2,18,19,21). The van der Waals surface area contributed by atoms with E-state index < -0.39 is 0 Å². The Bertz CT molecular complexity index is 522. The van der Waals surface area contributed by atoms with Gasteiger partial charge < -0.3 is 20.5 Å². The fourth-order valence-electron chi connectivity index (χ4n) is 2.86. The van der Waals surface area contributed by atoms with Crippen LogP contribution in [0.1, 0.15) is 38.5 Å². The van der Waals surface area contributed by atoms with Crippen molar-refractivity contribution in [2.24, 2.45) is 5.41 Å². The van der Waals surface area contributed by atoms with E-state index in [0.717, 1.165) is 37.1 Å². The number of hydrogen-bond donors (Lipinski definition) is 3. The molecule has 0 atom stereocenters. The molecule has 0 unspecified atom stereocenters. The maximum Gasteiger partial charge on any atom is 0.319 e. The molecule has 0 radical (unpaired) electrons. The zero-order valence-electron chi connectivity index (χ0n) is 12.8. The molecule has 3 N–H and O–H groups in total. The Hall–Kier alpha value is -1.75. The Morgan fingerprint density at radius 1 is 1.32 bits per heavy atom. The summed E-state index contributed by atoms with van der Waals surface area (Å²) in [7, 11) is 0. The van der Waals surface area contributed by atoms with Crippen LogP contribution in [0, 0.1) is 5.41 Å². The molecule has 2 amide bonds. The fourth-order valence-corrected chi connectivity index (χ4v) is 2.86. The van der Waals surface area contributed by atoms with Crippen molar-refractivity contribution in [1.82, 2.24) is 5.32 Å².